The second-order valence-corrected chi connectivity index (χ2v) is 2.72. The van der Waals surface area contributed by atoms with E-state index in [1.807, 2.05) is 0 Å². The lowest BCUT2D eigenvalue weighted by Gasteiger charge is -1.99. The van der Waals surface area contributed by atoms with Crippen LogP contribution in [0.1, 0.15) is 0 Å². The number of hydrogen-bond acceptors (Lipinski definition) is 5. The van der Waals surface area contributed by atoms with Crippen LogP contribution < -0.4 is 5.46 Å². The van der Waals surface area contributed by atoms with Crippen molar-refractivity contribution in [3.05, 3.63) is 30.9 Å². The molecule has 70 valence electrons. The van der Waals surface area contributed by atoms with Gasteiger partial charge in [-0.2, -0.15) is 0 Å². The molecule has 0 saturated carbocycles. The van der Waals surface area contributed by atoms with Gasteiger partial charge in [0.15, 0.2) is 0 Å². The first-order valence-electron chi connectivity index (χ1n) is 3.98. The maximum Gasteiger partial charge on any atom is 0.490 e. The molecular weight excluding hydrogens is 183 g/mol. The van der Waals surface area contributed by atoms with Gasteiger partial charge in [0.05, 0.1) is 11.8 Å². The number of aromatic nitrogens is 2. The van der Waals surface area contributed by atoms with Crippen molar-refractivity contribution >= 4 is 12.6 Å². The van der Waals surface area contributed by atoms with Crippen molar-refractivity contribution in [1.29, 1.82) is 0 Å². The minimum atomic E-state index is -1.53. The summed E-state index contributed by atoms with van der Waals surface area (Å²) in [5.41, 5.74) is 0.918. The van der Waals surface area contributed by atoms with E-state index in [1.165, 1.54) is 24.9 Å². The Morgan fingerprint density at radius 3 is 2.79 bits per heavy atom. The van der Waals surface area contributed by atoms with Crippen LogP contribution in [0.4, 0.5) is 0 Å². The van der Waals surface area contributed by atoms with Crippen LogP contribution >= 0.6 is 0 Å². The van der Waals surface area contributed by atoms with Crippen LogP contribution in [0.3, 0.4) is 0 Å². The Kier molecular flexibility index (Phi) is 2.30. The van der Waals surface area contributed by atoms with E-state index in [4.69, 9.17) is 14.5 Å². The minimum absolute atomic E-state index is 0.306. The van der Waals surface area contributed by atoms with Crippen molar-refractivity contribution in [2.45, 2.75) is 0 Å². The van der Waals surface area contributed by atoms with Crippen molar-refractivity contribution in [2.24, 2.45) is 0 Å². The van der Waals surface area contributed by atoms with Gasteiger partial charge in [-0.25, -0.2) is 4.98 Å². The highest BCUT2D eigenvalue weighted by atomic mass is 16.4. The van der Waals surface area contributed by atoms with Crippen LogP contribution in [0.2, 0.25) is 0 Å². The summed E-state index contributed by atoms with van der Waals surface area (Å²) < 4.78 is 5.04. The molecular formula is C8H7BN2O3. The van der Waals surface area contributed by atoms with Gasteiger partial charge in [0.25, 0.3) is 0 Å². The molecule has 6 heteroatoms. The quantitative estimate of drug-likeness (QED) is 0.619. The number of hydrogen-bond donors (Lipinski definition) is 2. The number of oxazole rings is 1. The van der Waals surface area contributed by atoms with Crippen LogP contribution in [0.5, 0.6) is 0 Å². The first-order valence-corrected chi connectivity index (χ1v) is 3.98. The van der Waals surface area contributed by atoms with Crippen molar-refractivity contribution in [2.75, 3.05) is 0 Å². The van der Waals surface area contributed by atoms with E-state index >= 15 is 0 Å². The Morgan fingerprint density at radius 2 is 2.14 bits per heavy atom. The van der Waals surface area contributed by atoms with Crippen LogP contribution in [0, 0.1) is 0 Å². The second kappa shape index (κ2) is 3.61. The summed E-state index contributed by atoms with van der Waals surface area (Å²) in [6.07, 6.45) is 5.86. The average Bonchev–Trinajstić information content (AvgIpc) is 2.71. The Labute approximate surface area is 80.2 Å². The zero-order chi connectivity index (χ0) is 9.97. The highest BCUT2D eigenvalue weighted by Gasteiger charge is 2.13. The molecule has 2 aromatic heterocycles. The highest BCUT2D eigenvalue weighted by Crippen LogP contribution is 2.13. The van der Waals surface area contributed by atoms with Crippen LogP contribution in [0.25, 0.3) is 11.5 Å². The molecule has 0 radical (unpaired) electrons. The van der Waals surface area contributed by atoms with Gasteiger partial charge in [0, 0.05) is 17.9 Å². The zero-order valence-corrected chi connectivity index (χ0v) is 7.16. The van der Waals surface area contributed by atoms with Crippen LogP contribution in [0.15, 0.2) is 35.3 Å². The van der Waals surface area contributed by atoms with E-state index < -0.39 is 7.12 Å². The molecule has 2 rings (SSSR count). The van der Waals surface area contributed by atoms with Crippen molar-refractivity contribution in [1.82, 2.24) is 9.97 Å². The van der Waals surface area contributed by atoms with Gasteiger partial charge in [-0.15, -0.1) is 0 Å². The number of pyridine rings is 1. The molecule has 0 atom stereocenters. The molecule has 0 aromatic carbocycles. The zero-order valence-electron chi connectivity index (χ0n) is 7.16. The lowest BCUT2D eigenvalue weighted by atomic mass is 9.81. The lowest BCUT2D eigenvalue weighted by Crippen LogP contribution is -2.30. The fraction of sp³-hybridized carbons (Fsp3) is 0. The van der Waals surface area contributed by atoms with Crippen molar-refractivity contribution in [3.8, 4) is 11.5 Å². The molecule has 2 aromatic rings. The fourth-order valence-corrected chi connectivity index (χ4v) is 1.08. The van der Waals surface area contributed by atoms with Gasteiger partial charge < -0.3 is 14.5 Å². The minimum Gasteiger partial charge on any atom is -0.444 e. The monoisotopic (exact) mass is 190 g/mol. The molecule has 0 spiro atoms. The van der Waals surface area contributed by atoms with Crippen LogP contribution in [-0.4, -0.2) is 27.1 Å². The first-order chi connectivity index (χ1) is 6.77. The van der Waals surface area contributed by atoms with E-state index in [9.17, 15) is 0 Å². The molecule has 0 bridgehead atoms. The second-order valence-electron chi connectivity index (χ2n) is 2.72. The summed E-state index contributed by atoms with van der Waals surface area (Å²) in [5, 5.41) is 17.8. The maximum atomic E-state index is 8.91. The summed E-state index contributed by atoms with van der Waals surface area (Å²) >= 11 is 0. The van der Waals surface area contributed by atoms with Gasteiger partial charge in [-0.1, -0.05) is 0 Å². The summed E-state index contributed by atoms with van der Waals surface area (Å²) in [6, 6.07) is 1.56. The Bertz CT molecular complexity index is 416. The number of rotatable bonds is 2. The summed E-state index contributed by atoms with van der Waals surface area (Å²) in [7, 11) is -1.53. The number of nitrogens with zero attached hydrogens (tertiary/aromatic N) is 2. The predicted octanol–water partition coefficient (Wildman–Crippen LogP) is -0.584. The molecule has 14 heavy (non-hydrogen) atoms. The van der Waals surface area contributed by atoms with Gasteiger partial charge in [-0.3, -0.25) is 4.98 Å². The largest absolute Gasteiger partial charge is 0.490 e. The predicted molar refractivity (Wildman–Crippen MR) is 49.6 cm³/mol. The lowest BCUT2D eigenvalue weighted by molar-refractivity contribution is 0.425. The molecule has 0 amide bonds. The van der Waals surface area contributed by atoms with E-state index in [1.54, 1.807) is 6.07 Å². The summed E-state index contributed by atoms with van der Waals surface area (Å²) in [4.78, 5) is 7.76. The standard InChI is InChI=1S/C8H7BN2O3/c12-9(13)7-3-6(4-10-5-7)8-11-1-2-14-8/h1-5,12-13H. The van der Waals surface area contributed by atoms with Gasteiger partial charge in [0.1, 0.15) is 6.26 Å². The molecule has 0 aliphatic heterocycles. The Morgan fingerprint density at radius 1 is 1.29 bits per heavy atom. The summed E-state index contributed by atoms with van der Waals surface area (Å²) in [5.74, 6) is 0.403. The van der Waals surface area contributed by atoms with E-state index in [2.05, 4.69) is 9.97 Å². The van der Waals surface area contributed by atoms with Gasteiger partial charge in [0.2, 0.25) is 5.89 Å². The topological polar surface area (TPSA) is 79.4 Å². The molecule has 0 saturated heterocycles. The SMILES string of the molecule is OB(O)c1cncc(-c2ncco2)c1. The molecule has 0 aliphatic rings. The van der Waals surface area contributed by atoms with E-state index in [-0.39, 0.29) is 0 Å². The first kappa shape index (κ1) is 8.92. The van der Waals surface area contributed by atoms with E-state index in [0.29, 0.717) is 16.9 Å². The molecule has 2 heterocycles. The molecule has 0 aliphatic carbocycles. The fourth-order valence-electron chi connectivity index (χ4n) is 1.08. The average molecular weight is 190 g/mol. The third kappa shape index (κ3) is 1.66. The third-order valence-corrected chi connectivity index (χ3v) is 1.74. The van der Waals surface area contributed by atoms with Gasteiger partial charge in [-0.05, 0) is 6.07 Å². The smallest absolute Gasteiger partial charge is 0.444 e. The molecule has 0 unspecified atom stereocenters. The molecule has 0 fully saturated rings. The van der Waals surface area contributed by atoms with Gasteiger partial charge >= 0.3 is 7.12 Å². The van der Waals surface area contributed by atoms with Crippen molar-refractivity contribution in [3.63, 3.8) is 0 Å². The Balaban J connectivity index is 2.41. The summed E-state index contributed by atoms with van der Waals surface area (Å²) in [6.45, 7) is 0. The normalized spacial score (nSPS) is 10.1. The van der Waals surface area contributed by atoms with E-state index in [0.717, 1.165) is 0 Å². The van der Waals surface area contributed by atoms with Crippen LogP contribution in [-0.2, 0) is 0 Å². The molecule has 5 nitrogen and oxygen atoms in total. The maximum absolute atomic E-state index is 8.91. The van der Waals surface area contributed by atoms with Crippen molar-refractivity contribution < 1.29 is 14.5 Å². The highest BCUT2D eigenvalue weighted by molar-refractivity contribution is 6.58. The molecule has 2 N–H and O–H groups in total. The Hall–Kier alpha value is -1.66. The third-order valence-electron chi connectivity index (χ3n) is 1.74.